The van der Waals surface area contributed by atoms with Crippen molar-refractivity contribution >= 4 is 16.5 Å². The molecule has 0 aliphatic carbocycles. The van der Waals surface area contributed by atoms with Crippen LogP contribution in [0.2, 0.25) is 0 Å². The second-order valence-electron chi connectivity index (χ2n) is 4.18. The highest BCUT2D eigenvalue weighted by molar-refractivity contribution is 7.13. The number of thiazole rings is 1. The van der Waals surface area contributed by atoms with Gasteiger partial charge in [0.1, 0.15) is 11.5 Å². The minimum Gasteiger partial charge on any atom is -0.465 e. The van der Waals surface area contributed by atoms with Crippen LogP contribution in [0.3, 0.4) is 0 Å². The molecule has 0 aromatic carbocycles. The second-order valence-corrected chi connectivity index (χ2v) is 5.07. The minimum atomic E-state index is 0.643. The monoisotopic (exact) mass is 251 g/mol. The van der Waals surface area contributed by atoms with E-state index in [0.717, 1.165) is 36.7 Å². The molecule has 0 atom stereocenters. The fourth-order valence-electron chi connectivity index (χ4n) is 1.66. The molecule has 2 heterocycles. The Kier molecular flexibility index (Phi) is 3.81. The molecule has 0 radical (unpaired) electrons. The van der Waals surface area contributed by atoms with Gasteiger partial charge in [-0.15, -0.1) is 11.3 Å². The van der Waals surface area contributed by atoms with Gasteiger partial charge in [-0.25, -0.2) is 4.98 Å². The molecule has 17 heavy (non-hydrogen) atoms. The summed E-state index contributed by atoms with van der Waals surface area (Å²) in [6, 6.07) is 4.01. The van der Waals surface area contributed by atoms with Crippen LogP contribution in [0.25, 0.3) is 0 Å². The average Bonchev–Trinajstić information content (AvgIpc) is 2.85. The standard InChI is InChI=1S/C12H17N3OS/c1-9-3-4-11(16-9)7-15(2)6-5-10-8-17-12(13)14-10/h3-4,8H,5-7H2,1-2H3,(H2,13,14). The summed E-state index contributed by atoms with van der Waals surface area (Å²) in [7, 11) is 2.08. The van der Waals surface area contributed by atoms with Crippen molar-refractivity contribution < 1.29 is 4.42 Å². The van der Waals surface area contributed by atoms with Gasteiger partial charge in [-0.05, 0) is 26.1 Å². The van der Waals surface area contributed by atoms with E-state index in [-0.39, 0.29) is 0 Å². The summed E-state index contributed by atoms with van der Waals surface area (Å²) in [6.07, 6.45) is 0.921. The van der Waals surface area contributed by atoms with Crippen molar-refractivity contribution in [1.82, 2.24) is 9.88 Å². The maximum atomic E-state index is 5.59. The summed E-state index contributed by atoms with van der Waals surface area (Å²) in [4.78, 5) is 6.46. The van der Waals surface area contributed by atoms with E-state index in [2.05, 4.69) is 16.9 Å². The zero-order valence-corrected chi connectivity index (χ0v) is 11.0. The Hall–Kier alpha value is -1.33. The molecule has 2 N–H and O–H groups in total. The lowest BCUT2D eigenvalue weighted by Crippen LogP contribution is -2.20. The lowest BCUT2D eigenvalue weighted by molar-refractivity contribution is 0.295. The summed E-state index contributed by atoms with van der Waals surface area (Å²) < 4.78 is 5.54. The first kappa shape index (κ1) is 12.1. The van der Waals surface area contributed by atoms with Gasteiger partial charge < -0.3 is 10.2 Å². The summed E-state index contributed by atoms with van der Waals surface area (Å²) in [5.41, 5.74) is 6.65. The van der Waals surface area contributed by atoms with Gasteiger partial charge in [0.15, 0.2) is 5.13 Å². The zero-order chi connectivity index (χ0) is 12.3. The third-order valence-electron chi connectivity index (χ3n) is 2.54. The van der Waals surface area contributed by atoms with Crippen LogP contribution in [0.1, 0.15) is 17.2 Å². The number of hydrogen-bond acceptors (Lipinski definition) is 5. The number of nitrogens with zero attached hydrogens (tertiary/aromatic N) is 2. The van der Waals surface area contributed by atoms with Gasteiger partial charge in [0.25, 0.3) is 0 Å². The summed E-state index contributed by atoms with van der Waals surface area (Å²) in [5, 5.41) is 2.66. The van der Waals surface area contributed by atoms with Gasteiger partial charge in [-0.2, -0.15) is 0 Å². The van der Waals surface area contributed by atoms with Crippen LogP contribution in [0.5, 0.6) is 0 Å². The van der Waals surface area contributed by atoms with Crippen molar-refractivity contribution in [3.8, 4) is 0 Å². The SMILES string of the molecule is Cc1ccc(CN(C)CCc2csc(N)n2)o1. The molecule has 0 aliphatic heterocycles. The molecule has 0 saturated heterocycles. The van der Waals surface area contributed by atoms with E-state index in [1.165, 1.54) is 11.3 Å². The topological polar surface area (TPSA) is 55.3 Å². The Morgan fingerprint density at radius 3 is 2.88 bits per heavy atom. The second kappa shape index (κ2) is 5.33. The molecular formula is C12H17N3OS. The number of anilines is 1. The Labute approximate surface area is 105 Å². The van der Waals surface area contributed by atoms with E-state index >= 15 is 0 Å². The number of furan rings is 1. The first-order chi connectivity index (χ1) is 8.13. The molecule has 5 heteroatoms. The first-order valence-corrected chi connectivity index (χ1v) is 6.45. The smallest absolute Gasteiger partial charge is 0.180 e. The highest BCUT2D eigenvalue weighted by Gasteiger charge is 2.05. The lowest BCUT2D eigenvalue weighted by Gasteiger charge is -2.13. The largest absolute Gasteiger partial charge is 0.465 e. The zero-order valence-electron chi connectivity index (χ0n) is 10.1. The maximum absolute atomic E-state index is 5.59. The molecule has 0 aliphatic rings. The molecule has 92 valence electrons. The molecule has 0 bridgehead atoms. The third-order valence-corrected chi connectivity index (χ3v) is 3.26. The number of aromatic nitrogens is 1. The van der Waals surface area contributed by atoms with Gasteiger partial charge in [0.2, 0.25) is 0 Å². The van der Waals surface area contributed by atoms with E-state index in [1.54, 1.807) is 0 Å². The number of nitrogen functional groups attached to an aromatic ring is 1. The summed E-state index contributed by atoms with van der Waals surface area (Å²) in [6.45, 7) is 3.73. The van der Waals surface area contributed by atoms with Crippen LogP contribution >= 0.6 is 11.3 Å². The Morgan fingerprint density at radius 2 is 2.29 bits per heavy atom. The van der Waals surface area contributed by atoms with Crippen molar-refractivity contribution in [2.24, 2.45) is 0 Å². The van der Waals surface area contributed by atoms with Gasteiger partial charge in [0.05, 0.1) is 12.2 Å². The van der Waals surface area contributed by atoms with Crippen LogP contribution in [0, 0.1) is 6.92 Å². The van der Waals surface area contributed by atoms with Crippen LogP contribution < -0.4 is 5.73 Å². The quantitative estimate of drug-likeness (QED) is 0.886. The van der Waals surface area contributed by atoms with Crippen molar-refractivity contribution in [2.75, 3.05) is 19.3 Å². The van der Waals surface area contributed by atoms with Gasteiger partial charge >= 0.3 is 0 Å². The molecule has 0 unspecified atom stereocenters. The van der Waals surface area contributed by atoms with Crippen LogP contribution in [0.15, 0.2) is 21.9 Å². The first-order valence-electron chi connectivity index (χ1n) is 5.57. The van der Waals surface area contributed by atoms with E-state index in [0.29, 0.717) is 5.13 Å². The lowest BCUT2D eigenvalue weighted by atomic mass is 10.3. The predicted molar refractivity (Wildman–Crippen MR) is 70.0 cm³/mol. The Morgan fingerprint density at radius 1 is 1.47 bits per heavy atom. The molecule has 0 spiro atoms. The molecule has 2 aromatic rings. The number of rotatable bonds is 5. The van der Waals surface area contributed by atoms with E-state index in [9.17, 15) is 0 Å². The van der Waals surface area contributed by atoms with Gasteiger partial charge in [0, 0.05) is 18.3 Å². The number of hydrogen-bond donors (Lipinski definition) is 1. The number of likely N-dealkylation sites (N-methyl/N-ethyl adjacent to an activating group) is 1. The van der Waals surface area contributed by atoms with Crippen molar-refractivity contribution in [3.05, 3.63) is 34.7 Å². The molecule has 4 nitrogen and oxygen atoms in total. The predicted octanol–water partition coefficient (Wildman–Crippen LogP) is 2.30. The normalized spacial score (nSPS) is 11.2. The number of nitrogens with two attached hydrogens (primary N) is 1. The fraction of sp³-hybridized carbons (Fsp3) is 0.417. The van der Waals surface area contributed by atoms with Crippen LogP contribution in [-0.2, 0) is 13.0 Å². The highest BCUT2D eigenvalue weighted by Crippen LogP contribution is 2.12. The third kappa shape index (κ3) is 3.57. The van der Waals surface area contributed by atoms with Crippen LogP contribution in [0.4, 0.5) is 5.13 Å². The minimum absolute atomic E-state index is 0.643. The molecule has 2 aromatic heterocycles. The molecule has 0 fully saturated rings. The molecule has 2 rings (SSSR count). The van der Waals surface area contributed by atoms with E-state index < -0.39 is 0 Å². The fourth-order valence-corrected chi connectivity index (χ4v) is 2.26. The average molecular weight is 251 g/mol. The molecule has 0 amide bonds. The molecule has 0 saturated carbocycles. The highest BCUT2D eigenvalue weighted by atomic mass is 32.1. The number of aryl methyl sites for hydroxylation is 1. The van der Waals surface area contributed by atoms with Crippen LogP contribution in [-0.4, -0.2) is 23.5 Å². The van der Waals surface area contributed by atoms with E-state index in [4.69, 9.17) is 10.2 Å². The van der Waals surface area contributed by atoms with Gasteiger partial charge in [-0.3, -0.25) is 4.90 Å². The van der Waals surface area contributed by atoms with Crippen molar-refractivity contribution in [1.29, 1.82) is 0 Å². The van der Waals surface area contributed by atoms with Crippen molar-refractivity contribution in [3.63, 3.8) is 0 Å². The summed E-state index contributed by atoms with van der Waals surface area (Å²) in [5.74, 6) is 1.96. The van der Waals surface area contributed by atoms with Crippen molar-refractivity contribution in [2.45, 2.75) is 19.9 Å². The van der Waals surface area contributed by atoms with Gasteiger partial charge in [-0.1, -0.05) is 0 Å². The summed E-state index contributed by atoms with van der Waals surface area (Å²) >= 11 is 1.49. The molecular weight excluding hydrogens is 234 g/mol. The Balaban J connectivity index is 1.79. The van der Waals surface area contributed by atoms with E-state index in [1.807, 2.05) is 24.4 Å². The maximum Gasteiger partial charge on any atom is 0.180 e. The Bertz CT molecular complexity index is 478.